The summed E-state index contributed by atoms with van der Waals surface area (Å²) in [6.07, 6.45) is 3.88. The molecule has 1 aliphatic rings. The number of amides is 1. The highest BCUT2D eigenvalue weighted by molar-refractivity contribution is 8.18. The van der Waals surface area contributed by atoms with E-state index in [2.05, 4.69) is 20.8 Å². The molecule has 1 aromatic heterocycles. The van der Waals surface area contributed by atoms with E-state index in [-0.39, 0.29) is 5.91 Å². The molecule has 0 bridgehead atoms. The summed E-state index contributed by atoms with van der Waals surface area (Å²) >= 11 is 1.21. The van der Waals surface area contributed by atoms with Crippen molar-refractivity contribution in [3.8, 4) is 0 Å². The van der Waals surface area contributed by atoms with Crippen molar-refractivity contribution in [3.05, 3.63) is 82.9 Å². The number of carbonyl (C=O) groups is 2. The second-order valence-corrected chi connectivity index (χ2v) is 7.79. The van der Waals surface area contributed by atoms with Gasteiger partial charge in [-0.05, 0) is 35.4 Å². The highest BCUT2D eigenvalue weighted by Crippen LogP contribution is 2.32. The minimum Gasteiger partial charge on any atom is -0.466 e. The molecule has 1 N–H and O–H groups in total. The molecule has 2 aromatic carbocycles. The Bertz CT molecular complexity index is 1130. The van der Waals surface area contributed by atoms with Crippen LogP contribution in [-0.2, 0) is 27.3 Å². The van der Waals surface area contributed by atoms with Gasteiger partial charge in [-0.25, -0.2) is 4.79 Å². The number of fused-ring (bicyclic) bond motifs is 1. The molecule has 2 heterocycles. The minimum absolute atomic E-state index is 0.225. The third kappa shape index (κ3) is 4.31. The lowest BCUT2D eigenvalue weighted by Crippen LogP contribution is -2.31. The van der Waals surface area contributed by atoms with Gasteiger partial charge in [0.05, 0.1) is 18.6 Å². The van der Waals surface area contributed by atoms with Crippen molar-refractivity contribution < 1.29 is 14.3 Å². The van der Waals surface area contributed by atoms with Crippen molar-refractivity contribution in [1.82, 2.24) is 9.88 Å². The molecule has 0 unspecified atom stereocenters. The Kier molecular flexibility index (Phi) is 5.99. The van der Waals surface area contributed by atoms with E-state index < -0.39 is 5.97 Å². The lowest BCUT2D eigenvalue weighted by Gasteiger charge is -2.15. The number of methoxy groups -OCH3 is 1. The molecule has 6 nitrogen and oxygen atoms in total. The average molecular weight is 420 g/mol. The van der Waals surface area contributed by atoms with Crippen LogP contribution in [-0.4, -0.2) is 40.6 Å². The monoisotopic (exact) mass is 419 g/mol. The zero-order chi connectivity index (χ0) is 20.9. The largest absolute Gasteiger partial charge is 0.466 e. The molecule has 30 heavy (non-hydrogen) atoms. The van der Waals surface area contributed by atoms with Gasteiger partial charge in [-0.1, -0.05) is 48.5 Å². The van der Waals surface area contributed by atoms with Crippen molar-refractivity contribution >= 4 is 39.7 Å². The van der Waals surface area contributed by atoms with Crippen LogP contribution < -0.4 is 0 Å². The Morgan fingerprint density at radius 1 is 1.17 bits per heavy atom. The summed E-state index contributed by atoms with van der Waals surface area (Å²) in [7, 11) is 1.29. The second kappa shape index (κ2) is 9.00. The first-order chi connectivity index (χ1) is 14.7. The molecule has 0 aliphatic carbocycles. The zero-order valence-corrected chi connectivity index (χ0v) is 17.3. The Hall–Kier alpha value is -3.32. The van der Waals surface area contributed by atoms with Crippen LogP contribution in [0.15, 0.2) is 76.8 Å². The van der Waals surface area contributed by atoms with Gasteiger partial charge in [-0.15, -0.1) is 0 Å². The number of esters is 1. The van der Waals surface area contributed by atoms with Crippen LogP contribution in [0.5, 0.6) is 0 Å². The Labute approximate surface area is 178 Å². The van der Waals surface area contributed by atoms with Crippen molar-refractivity contribution in [3.63, 3.8) is 0 Å². The summed E-state index contributed by atoms with van der Waals surface area (Å²) < 4.78 is 4.68. The van der Waals surface area contributed by atoms with E-state index in [4.69, 9.17) is 0 Å². The summed E-state index contributed by atoms with van der Waals surface area (Å²) in [6.45, 7) is 0.936. The number of aromatic amines is 1. The fourth-order valence-corrected chi connectivity index (χ4v) is 4.26. The second-order valence-electron chi connectivity index (χ2n) is 6.78. The van der Waals surface area contributed by atoms with Gasteiger partial charge in [0.1, 0.15) is 0 Å². The van der Waals surface area contributed by atoms with Gasteiger partial charge >= 0.3 is 5.97 Å². The van der Waals surface area contributed by atoms with E-state index >= 15 is 0 Å². The minimum atomic E-state index is -0.549. The number of hydrogen-bond donors (Lipinski definition) is 1. The molecule has 7 heteroatoms. The number of aromatic nitrogens is 1. The number of benzene rings is 2. The van der Waals surface area contributed by atoms with Crippen LogP contribution in [0.25, 0.3) is 10.9 Å². The van der Waals surface area contributed by atoms with Crippen molar-refractivity contribution in [2.24, 2.45) is 4.99 Å². The van der Waals surface area contributed by atoms with Gasteiger partial charge in [0, 0.05) is 29.7 Å². The van der Waals surface area contributed by atoms with Crippen molar-refractivity contribution in [2.75, 3.05) is 13.7 Å². The number of rotatable bonds is 6. The van der Waals surface area contributed by atoms with E-state index in [1.165, 1.54) is 24.9 Å². The quantitative estimate of drug-likeness (QED) is 0.486. The maximum absolute atomic E-state index is 12.9. The molecule has 0 atom stereocenters. The topological polar surface area (TPSA) is 74.8 Å². The molecule has 1 amide bonds. The Balaban J connectivity index is 1.57. The van der Waals surface area contributed by atoms with Crippen LogP contribution in [0, 0.1) is 0 Å². The summed E-state index contributed by atoms with van der Waals surface area (Å²) in [5.41, 5.74) is 3.26. The number of ether oxygens (including phenoxy) is 1. The number of aliphatic imine (C=N–C) groups is 1. The number of H-pyrrole nitrogens is 1. The number of hydrogen-bond acceptors (Lipinski definition) is 5. The van der Waals surface area contributed by atoms with Crippen LogP contribution in [0.4, 0.5) is 0 Å². The SMILES string of the molecule is COC(=O)/C=C1/SC(=NCc2ccccc2)N(CCc2c[nH]c3ccccc23)C1=O. The molecule has 1 fully saturated rings. The van der Waals surface area contributed by atoms with E-state index in [0.717, 1.165) is 22.0 Å². The smallest absolute Gasteiger partial charge is 0.331 e. The number of nitrogens with one attached hydrogen (secondary N) is 1. The number of carbonyl (C=O) groups excluding carboxylic acids is 2. The molecular weight excluding hydrogens is 398 g/mol. The molecule has 1 aliphatic heterocycles. The predicted octanol–water partition coefficient (Wildman–Crippen LogP) is 3.90. The standard InChI is InChI=1S/C23H21N3O3S/c1-29-21(27)13-20-22(28)26(23(30-20)25-14-16-7-3-2-4-8-16)12-11-17-15-24-19-10-6-5-9-18(17)19/h2-10,13,15,24H,11-12,14H2,1H3/b20-13+,25-23?. The maximum Gasteiger partial charge on any atom is 0.331 e. The summed E-state index contributed by atoms with van der Waals surface area (Å²) in [4.78, 5) is 34.5. The molecule has 0 radical (unpaired) electrons. The number of para-hydroxylation sites is 1. The highest BCUT2D eigenvalue weighted by Gasteiger charge is 2.33. The Morgan fingerprint density at radius 2 is 1.93 bits per heavy atom. The number of amidine groups is 1. The van der Waals surface area contributed by atoms with Crippen LogP contribution in [0.1, 0.15) is 11.1 Å². The molecule has 1 saturated heterocycles. The fraction of sp³-hybridized carbons (Fsp3) is 0.174. The first-order valence-electron chi connectivity index (χ1n) is 9.58. The zero-order valence-electron chi connectivity index (χ0n) is 16.5. The molecule has 0 spiro atoms. The van der Waals surface area contributed by atoms with Crippen LogP contribution in [0.3, 0.4) is 0 Å². The normalized spacial score (nSPS) is 16.7. The first-order valence-corrected chi connectivity index (χ1v) is 10.4. The third-order valence-electron chi connectivity index (χ3n) is 4.86. The van der Waals surface area contributed by atoms with E-state index in [0.29, 0.717) is 29.6 Å². The number of nitrogens with zero attached hydrogens (tertiary/aromatic N) is 2. The van der Waals surface area contributed by atoms with Crippen LogP contribution >= 0.6 is 11.8 Å². The molecule has 152 valence electrons. The van der Waals surface area contributed by atoms with E-state index in [1.54, 1.807) is 4.90 Å². The summed E-state index contributed by atoms with van der Waals surface area (Å²) in [6, 6.07) is 17.9. The van der Waals surface area contributed by atoms with Crippen molar-refractivity contribution in [1.29, 1.82) is 0 Å². The lowest BCUT2D eigenvalue weighted by atomic mass is 10.1. The van der Waals surface area contributed by atoms with Gasteiger partial charge in [0.25, 0.3) is 5.91 Å². The third-order valence-corrected chi connectivity index (χ3v) is 5.90. The maximum atomic E-state index is 12.9. The van der Waals surface area contributed by atoms with E-state index in [9.17, 15) is 9.59 Å². The average Bonchev–Trinajstić information content (AvgIpc) is 3.32. The predicted molar refractivity (Wildman–Crippen MR) is 119 cm³/mol. The van der Waals surface area contributed by atoms with Crippen molar-refractivity contribution in [2.45, 2.75) is 13.0 Å². The van der Waals surface area contributed by atoms with Gasteiger partial charge in [-0.2, -0.15) is 0 Å². The number of thioether (sulfide) groups is 1. The molecule has 4 rings (SSSR count). The molecular formula is C23H21N3O3S. The van der Waals surface area contributed by atoms with Gasteiger partial charge in [-0.3, -0.25) is 14.7 Å². The summed E-state index contributed by atoms with van der Waals surface area (Å²) in [5.74, 6) is -0.774. The van der Waals surface area contributed by atoms with Crippen LogP contribution in [0.2, 0.25) is 0 Å². The first kappa shape index (κ1) is 20.0. The molecule has 3 aromatic rings. The van der Waals surface area contributed by atoms with E-state index in [1.807, 2.05) is 54.7 Å². The summed E-state index contributed by atoms with van der Waals surface area (Å²) in [5, 5.41) is 1.74. The molecule has 0 saturated carbocycles. The van der Waals surface area contributed by atoms with Gasteiger partial charge in [0.15, 0.2) is 5.17 Å². The highest BCUT2D eigenvalue weighted by atomic mass is 32.2. The van der Waals surface area contributed by atoms with Gasteiger partial charge in [0.2, 0.25) is 0 Å². The Morgan fingerprint density at radius 3 is 2.73 bits per heavy atom. The fourth-order valence-electron chi connectivity index (χ4n) is 3.30. The lowest BCUT2D eigenvalue weighted by molar-refractivity contribution is -0.135. The van der Waals surface area contributed by atoms with Gasteiger partial charge < -0.3 is 9.72 Å².